The highest BCUT2D eigenvalue weighted by molar-refractivity contribution is 5.29. The van der Waals surface area contributed by atoms with Gasteiger partial charge in [-0.3, -0.25) is 0 Å². The van der Waals surface area contributed by atoms with Crippen molar-refractivity contribution in [1.29, 1.82) is 0 Å². The van der Waals surface area contributed by atoms with Crippen LogP contribution in [0.25, 0.3) is 0 Å². The van der Waals surface area contributed by atoms with Crippen LogP contribution in [0.2, 0.25) is 0 Å². The third-order valence-electron chi connectivity index (χ3n) is 2.35. The maximum Gasteiger partial charge on any atom is 0.119 e. The smallest absolute Gasteiger partial charge is 0.119 e. The second-order valence-electron chi connectivity index (χ2n) is 4.21. The molecule has 0 aromatic heterocycles. The zero-order valence-corrected chi connectivity index (χ0v) is 10.0. The van der Waals surface area contributed by atoms with Crippen LogP contribution in [-0.4, -0.2) is 17.8 Å². The Kier molecular flexibility index (Phi) is 5.29. The van der Waals surface area contributed by atoms with E-state index < -0.39 is 0 Å². The molecule has 0 aliphatic rings. The van der Waals surface area contributed by atoms with Crippen LogP contribution in [0.5, 0.6) is 5.75 Å². The molecule has 0 aliphatic carbocycles. The molecule has 0 aliphatic heterocycles. The third kappa shape index (κ3) is 4.21. The number of aliphatic hydroxyl groups is 1. The summed E-state index contributed by atoms with van der Waals surface area (Å²) >= 11 is 0. The van der Waals surface area contributed by atoms with Crippen molar-refractivity contribution in [3.63, 3.8) is 0 Å². The molecule has 0 saturated carbocycles. The first-order valence-corrected chi connectivity index (χ1v) is 5.76. The minimum absolute atomic E-state index is 0.000231. The number of ether oxygens (including phenoxy) is 1. The number of aliphatic hydroxyl groups excluding tert-OH is 1. The molecule has 3 nitrogen and oxygen atoms in total. The van der Waals surface area contributed by atoms with Crippen molar-refractivity contribution in [2.24, 2.45) is 5.73 Å². The Labute approximate surface area is 97.2 Å². The van der Waals surface area contributed by atoms with E-state index in [9.17, 15) is 0 Å². The Morgan fingerprint density at radius 1 is 1.25 bits per heavy atom. The zero-order valence-electron chi connectivity index (χ0n) is 10.0. The number of hydrogen-bond acceptors (Lipinski definition) is 3. The zero-order chi connectivity index (χ0) is 12.0. The van der Waals surface area contributed by atoms with Crippen LogP contribution in [0, 0.1) is 0 Å². The average molecular weight is 223 g/mol. The van der Waals surface area contributed by atoms with E-state index in [1.54, 1.807) is 0 Å². The Morgan fingerprint density at radius 3 is 2.38 bits per heavy atom. The van der Waals surface area contributed by atoms with Crippen molar-refractivity contribution in [3.05, 3.63) is 29.8 Å². The van der Waals surface area contributed by atoms with Gasteiger partial charge in [0.1, 0.15) is 5.75 Å². The lowest BCUT2D eigenvalue weighted by molar-refractivity contribution is 0.242. The van der Waals surface area contributed by atoms with Gasteiger partial charge in [-0.1, -0.05) is 12.1 Å². The predicted octanol–water partition coefficient (Wildman–Crippen LogP) is 2.25. The molecule has 3 heteroatoms. The van der Waals surface area contributed by atoms with Crippen molar-refractivity contribution < 1.29 is 9.84 Å². The summed E-state index contributed by atoms with van der Waals surface area (Å²) in [6, 6.07) is 7.85. The summed E-state index contributed by atoms with van der Waals surface area (Å²) in [6.45, 7) is 4.20. The number of nitrogens with two attached hydrogens (primary N) is 1. The van der Waals surface area contributed by atoms with Crippen LogP contribution in [0.3, 0.4) is 0 Å². The van der Waals surface area contributed by atoms with Gasteiger partial charge in [-0.25, -0.2) is 0 Å². The van der Waals surface area contributed by atoms with E-state index >= 15 is 0 Å². The Hall–Kier alpha value is -1.06. The molecule has 0 fully saturated rings. The van der Waals surface area contributed by atoms with Gasteiger partial charge in [0, 0.05) is 12.6 Å². The van der Waals surface area contributed by atoms with Gasteiger partial charge in [0.05, 0.1) is 6.10 Å². The first kappa shape index (κ1) is 13.0. The molecule has 0 heterocycles. The maximum atomic E-state index is 8.73. The lowest BCUT2D eigenvalue weighted by Gasteiger charge is -2.13. The molecule has 0 amide bonds. The van der Waals surface area contributed by atoms with Crippen molar-refractivity contribution in [2.75, 3.05) is 6.61 Å². The normalized spacial score (nSPS) is 12.8. The molecule has 1 aromatic rings. The van der Waals surface area contributed by atoms with Gasteiger partial charge in [0.2, 0.25) is 0 Å². The quantitative estimate of drug-likeness (QED) is 0.777. The monoisotopic (exact) mass is 223 g/mol. The second-order valence-corrected chi connectivity index (χ2v) is 4.21. The van der Waals surface area contributed by atoms with Gasteiger partial charge in [-0.15, -0.1) is 0 Å². The van der Waals surface area contributed by atoms with Gasteiger partial charge in [0.25, 0.3) is 0 Å². The fourth-order valence-corrected chi connectivity index (χ4v) is 1.54. The predicted molar refractivity (Wildman–Crippen MR) is 65.5 cm³/mol. The van der Waals surface area contributed by atoms with Crippen molar-refractivity contribution in [3.8, 4) is 5.75 Å². The van der Waals surface area contributed by atoms with E-state index in [2.05, 4.69) is 0 Å². The molecule has 1 rings (SSSR count). The lowest BCUT2D eigenvalue weighted by Crippen LogP contribution is -2.11. The molecule has 16 heavy (non-hydrogen) atoms. The highest BCUT2D eigenvalue weighted by atomic mass is 16.5. The van der Waals surface area contributed by atoms with Crippen LogP contribution >= 0.6 is 0 Å². The first-order chi connectivity index (χ1) is 7.63. The molecule has 90 valence electrons. The van der Waals surface area contributed by atoms with Crippen molar-refractivity contribution in [2.45, 2.75) is 38.8 Å². The van der Waals surface area contributed by atoms with E-state index in [1.165, 1.54) is 0 Å². The largest absolute Gasteiger partial charge is 0.491 e. The molecule has 0 bridgehead atoms. The summed E-state index contributed by atoms with van der Waals surface area (Å²) in [7, 11) is 0. The molecular weight excluding hydrogens is 202 g/mol. The Bertz CT molecular complexity index is 295. The third-order valence-corrected chi connectivity index (χ3v) is 2.35. The summed E-state index contributed by atoms with van der Waals surface area (Å²) in [5.41, 5.74) is 7.07. The van der Waals surface area contributed by atoms with Gasteiger partial charge >= 0.3 is 0 Å². The Morgan fingerprint density at radius 2 is 1.88 bits per heavy atom. The van der Waals surface area contributed by atoms with Crippen LogP contribution in [0.15, 0.2) is 24.3 Å². The topological polar surface area (TPSA) is 55.5 Å². The van der Waals surface area contributed by atoms with Crippen LogP contribution in [0.1, 0.15) is 38.3 Å². The summed E-state index contributed by atoms with van der Waals surface area (Å²) < 4.78 is 5.55. The van der Waals surface area contributed by atoms with Crippen molar-refractivity contribution >= 4 is 0 Å². The summed E-state index contributed by atoms with van der Waals surface area (Å²) in [5.74, 6) is 0.869. The molecule has 0 unspecified atom stereocenters. The average Bonchev–Trinajstić information content (AvgIpc) is 2.26. The molecular formula is C13H21NO2. The molecule has 1 aromatic carbocycles. The van der Waals surface area contributed by atoms with E-state index in [0.29, 0.717) is 0 Å². The molecule has 0 spiro atoms. The summed E-state index contributed by atoms with van der Waals surface area (Å²) in [4.78, 5) is 0. The minimum Gasteiger partial charge on any atom is -0.491 e. The maximum absolute atomic E-state index is 8.73. The number of rotatable bonds is 6. The van der Waals surface area contributed by atoms with Gasteiger partial charge < -0.3 is 15.6 Å². The molecule has 0 saturated heterocycles. The van der Waals surface area contributed by atoms with Crippen LogP contribution in [-0.2, 0) is 0 Å². The molecule has 1 atom stereocenters. The second kappa shape index (κ2) is 6.51. The fraction of sp³-hybridized carbons (Fsp3) is 0.538. The van der Waals surface area contributed by atoms with E-state index in [1.807, 2.05) is 38.1 Å². The minimum atomic E-state index is 0.000231. The van der Waals surface area contributed by atoms with E-state index in [4.69, 9.17) is 15.6 Å². The fourth-order valence-electron chi connectivity index (χ4n) is 1.54. The van der Waals surface area contributed by atoms with Crippen LogP contribution < -0.4 is 10.5 Å². The molecule has 0 radical (unpaired) electrons. The van der Waals surface area contributed by atoms with Gasteiger partial charge in [-0.05, 0) is 44.4 Å². The summed E-state index contributed by atoms with van der Waals surface area (Å²) in [6.07, 6.45) is 1.74. The first-order valence-electron chi connectivity index (χ1n) is 5.76. The molecule has 3 N–H and O–H groups in total. The van der Waals surface area contributed by atoms with Gasteiger partial charge in [0.15, 0.2) is 0 Å². The van der Waals surface area contributed by atoms with E-state index in [0.717, 1.165) is 24.2 Å². The number of hydrogen-bond donors (Lipinski definition) is 2. The van der Waals surface area contributed by atoms with E-state index in [-0.39, 0.29) is 18.8 Å². The standard InChI is InChI=1S/C13H21NO2/c1-10(2)16-12-7-5-11(6-8-12)13(14)4-3-9-15/h5-8,10,13,15H,3-4,9,14H2,1-2H3/t13-/m0/s1. The highest BCUT2D eigenvalue weighted by Crippen LogP contribution is 2.20. The number of benzene rings is 1. The van der Waals surface area contributed by atoms with Crippen LogP contribution in [0.4, 0.5) is 0 Å². The lowest BCUT2D eigenvalue weighted by atomic mass is 10.0. The SMILES string of the molecule is CC(C)Oc1ccc([C@@H](N)CCCO)cc1. The van der Waals surface area contributed by atoms with Crippen molar-refractivity contribution in [1.82, 2.24) is 0 Å². The highest BCUT2D eigenvalue weighted by Gasteiger charge is 2.05. The summed E-state index contributed by atoms with van der Waals surface area (Å²) in [5, 5.41) is 8.73. The Balaban J connectivity index is 2.56. The van der Waals surface area contributed by atoms with Gasteiger partial charge in [-0.2, -0.15) is 0 Å².